The summed E-state index contributed by atoms with van der Waals surface area (Å²) in [5.74, 6) is -1.31. The van der Waals surface area contributed by atoms with Gasteiger partial charge < -0.3 is 10.4 Å². The Morgan fingerprint density at radius 1 is 1.36 bits per heavy atom. The molecule has 0 amide bonds. The predicted octanol–water partition coefficient (Wildman–Crippen LogP) is 1.39. The lowest BCUT2D eigenvalue weighted by molar-refractivity contribution is 0.175. The monoisotopic (exact) mass is 201 g/mol. The molecule has 0 fully saturated rings. The molecule has 0 spiro atoms. The zero-order valence-corrected chi connectivity index (χ0v) is 8.14. The minimum absolute atomic E-state index is 0.134. The van der Waals surface area contributed by atoms with Crippen molar-refractivity contribution in [3.8, 4) is 0 Å². The highest BCUT2D eigenvalue weighted by Crippen LogP contribution is 2.25. The summed E-state index contributed by atoms with van der Waals surface area (Å²) in [4.78, 5) is 0. The fourth-order valence-electron chi connectivity index (χ4n) is 1.31. The van der Waals surface area contributed by atoms with Gasteiger partial charge in [0.15, 0.2) is 0 Å². The first-order chi connectivity index (χ1) is 6.55. The lowest BCUT2D eigenvalue weighted by Crippen LogP contribution is -2.42. The number of rotatable bonds is 3. The van der Waals surface area contributed by atoms with E-state index in [4.69, 9.17) is 5.11 Å². The van der Waals surface area contributed by atoms with Crippen LogP contribution in [0.5, 0.6) is 0 Å². The molecular weight excluding hydrogens is 188 g/mol. The molecule has 4 heteroatoms. The van der Waals surface area contributed by atoms with Crippen LogP contribution in [-0.4, -0.2) is 18.8 Å². The molecule has 1 atom stereocenters. The maximum atomic E-state index is 13.3. The third kappa shape index (κ3) is 1.76. The van der Waals surface area contributed by atoms with Crippen LogP contribution in [-0.2, 0) is 5.54 Å². The van der Waals surface area contributed by atoms with Crippen molar-refractivity contribution in [1.82, 2.24) is 5.32 Å². The number of aliphatic hydroxyl groups is 1. The van der Waals surface area contributed by atoms with E-state index in [1.807, 2.05) is 0 Å². The molecular formula is C10H13F2NO. The van der Waals surface area contributed by atoms with E-state index in [0.29, 0.717) is 0 Å². The Hall–Kier alpha value is -1.00. The average Bonchev–Trinajstić information content (AvgIpc) is 2.17. The quantitative estimate of drug-likeness (QED) is 0.774. The Bertz CT molecular complexity index is 304. The Labute approximate surface area is 81.6 Å². The van der Waals surface area contributed by atoms with E-state index in [0.717, 1.165) is 0 Å². The highest BCUT2D eigenvalue weighted by atomic mass is 19.1. The second-order valence-corrected chi connectivity index (χ2v) is 3.34. The molecule has 0 bridgehead atoms. The van der Waals surface area contributed by atoms with E-state index < -0.39 is 17.2 Å². The van der Waals surface area contributed by atoms with Gasteiger partial charge in [0.05, 0.1) is 12.1 Å². The lowest BCUT2D eigenvalue weighted by Gasteiger charge is -2.28. The molecule has 14 heavy (non-hydrogen) atoms. The molecule has 78 valence electrons. The first kappa shape index (κ1) is 11.1. The van der Waals surface area contributed by atoms with Gasteiger partial charge >= 0.3 is 0 Å². The molecule has 1 unspecified atom stereocenters. The van der Waals surface area contributed by atoms with Crippen molar-refractivity contribution in [2.75, 3.05) is 13.7 Å². The van der Waals surface area contributed by atoms with Crippen LogP contribution < -0.4 is 5.32 Å². The van der Waals surface area contributed by atoms with Crippen molar-refractivity contribution >= 4 is 0 Å². The van der Waals surface area contributed by atoms with Crippen molar-refractivity contribution < 1.29 is 13.9 Å². The Morgan fingerprint density at radius 2 is 1.86 bits per heavy atom. The highest BCUT2D eigenvalue weighted by molar-refractivity contribution is 5.27. The minimum Gasteiger partial charge on any atom is -0.394 e. The van der Waals surface area contributed by atoms with Crippen LogP contribution in [0, 0.1) is 11.6 Å². The predicted molar refractivity (Wildman–Crippen MR) is 49.9 cm³/mol. The van der Waals surface area contributed by atoms with Gasteiger partial charge in [-0.3, -0.25) is 0 Å². The first-order valence-electron chi connectivity index (χ1n) is 4.29. The van der Waals surface area contributed by atoms with Crippen molar-refractivity contribution in [3.63, 3.8) is 0 Å². The van der Waals surface area contributed by atoms with Gasteiger partial charge in [0.25, 0.3) is 0 Å². The summed E-state index contributed by atoms with van der Waals surface area (Å²) >= 11 is 0. The smallest absolute Gasteiger partial charge is 0.131 e. The molecule has 0 saturated carbocycles. The van der Waals surface area contributed by atoms with E-state index in [1.165, 1.54) is 25.1 Å². The minimum atomic E-state index is -1.09. The summed E-state index contributed by atoms with van der Waals surface area (Å²) in [6, 6.07) is 3.63. The number of aliphatic hydroxyl groups excluding tert-OH is 1. The van der Waals surface area contributed by atoms with Gasteiger partial charge in [-0.15, -0.1) is 0 Å². The number of nitrogens with one attached hydrogen (secondary N) is 1. The molecule has 1 aromatic carbocycles. The molecule has 0 radical (unpaired) electrons. The second-order valence-electron chi connectivity index (χ2n) is 3.34. The fourth-order valence-corrected chi connectivity index (χ4v) is 1.31. The Kier molecular flexibility index (Phi) is 3.18. The summed E-state index contributed by atoms with van der Waals surface area (Å²) in [6.07, 6.45) is 0. The number of hydrogen-bond donors (Lipinski definition) is 2. The Morgan fingerprint density at radius 3 is 2.21 bits per heavy atom. The van der Waals surface area contributed by atoms with Gasteiger partial charge in [-0.2, -0.15) is 0 Å². The van der Waals surface area contributed by atoms with Crippen LogP contribution in [0.15, 0.2) is 18.2 Å². The van der Waals surface area contributed by atoms with Gasteiger partial charge in [-0.1, -0.05) is 6.07 Å². The lowest BCUT2D eigenvalue weighted by atomic mass is 9.92. The molecule has 2 nitrogen and oxygen atoms in total. The van der Waals surface area contributed by atoms with Gasteiger partial charge in [-0.25, -0.2) is 8.78 Å². The zero-order chi connectivity index (χ0) is 10.8. The summed E-state index contributed by atoms with van der Waals surface area (Å²) in [5, 5.41) is 11.8. The van der Waals surface area contributed by atoms with E-state index in [1.54, 1.807) is 7.05 Å². The van der Waals surface area contributed by atoms with Crippen molar-refractivity contribution in [1.29, 1.82) is 0 Å². The number of likely N-dealkylation sites (N-methyl/N-ethyl adjacent to an activating group) is 1. The standard InChI is InChI=1S/C10H13F2NO/c1-10(6-14,13-2)9-7(11)4-3-5-8(9)12/h3-5,13-14H,6H2,1-2H3. The van der Waals surface area contributed by atoms with Crippen LogP contribution in [0.2, 0.25) is 0 Å². The van der Waals surface area contributed by atoms with Gasteiger partial charge in [0.2, 0.25) is 0 Å². The molecule has 1 rings (SSSR count). The summed E-state index contributed by atoms with van der Waals surface area (Å²) < 4.78 is 26.7. The molecule has 0 aliphatic carbocycles. The highest BCUT2D eigenvalue weighted by Gasteiger charge is 2.29. The topological polar surface area (TPSA) is 32.3 Å². The van der Waals surface area contributed by atoms with Crippen LogP contribution in [0.1, 0.15) is 12.5 Å². The summed E-state index contributed by atoms with van der Waals surface area (Å²) in [5.41, 5.74) is -1.22. The third-order valence-corrected chi connectivity index (χ3v) is 2.38. The molecule has 0 aliphatic rings. The number of benzene rings is 1. The van der Waals surface area contributed by atoms with Gasteiger partial charge in [0.1, 0.15) is 11.6 Å². The number of hydrogen-bond acceptors (Lipinski definition) is 2. The van der Waals surface area contributed by atoms with Crippen molar-refractivity contribution in [3.05, 3.63) is 35.4 Å². The maximum Gasteiger partial charge on any atom is 0.131 e. The SMILES string of the molecule is CNC(C)(CO)c1c(F)cccc1F. The largest absolute Gasteiger partial charge is 0.394 e. The van der Waals surface area contributed by atoms with Crippen LogP contribution in [0.3, 0.4) is 0 Å². The van der Waals surface area contributed by atoms with Gasteiger partial charge in [-0.05, 0) is 26.1 Å². The molecule has 1 aromatic rings. The van der Waals surface area contributed by atoms with E-state index in [-0.39, 0.29) is 12.2 Å². The second kappa shape index (κ2) is 4.02. The normalized spacial score (nSPS) is 15.2. The first-order valence-corrected chi connectivity index (χ1v) is 4.29. The van der Waals surface area contributed by atoms with Crippen LogP contribution in [0.25, 0.3) is 0 Å². The van der Waals surface area contributed by atoms with Gasteiger partial charge in [0, 0.05) is 5.56 Å². The van der Waals surface area contributed by atoms with E-state index in [9.17, 15) is 8.78 Å². The zero-order valence-electron chi connectivity index (χ0n) is 8.14. The van der Waals surface area contributed by atoms with E-state index in [2.05, 4.69) is 5.32 Å². The van der Waals surface area contributed by atoms with Crippen LogP contribution in [0.4, 0.5) is 8.78 Å². The third-order valence-electron chi connectivity index (χ3n) is 2.38. The van der Waals surface area contributed by atoms with Crippen LogP contribution >= 0.6 is 0 Å². The number of halogens is 2. The maximum absolute atomic E-state index is 13.3. The van der Waals surface area contributed by atoms with Crippen molar-refractivity contribution in [2.45, 2.75) is 12.5 Å². The molecule has 0 aliphatic heterocycles. The molecule has 0 aromatic heterocycles. The average molecular weight is 201 g/mol. The molecule has 0 heterocycles. The molecule has 0 saturated heterocycles. The summed E-state index contributed by atoms with van der Waals surface area (Å²) in [6.45, 7) is 1.16. The van der Waals surface area contributed by atoms with E-state index >= 15 is 0 Å². The summed E-state index contributed by atoms with van der Waals surface area (Å²) in [7, 11) is 1.54. The van der Waals surface area contributed by atoms with Crippen molar-refractivity contribution in [2.24, 2.45) is 0 Å². The molecule has 2 N–H and O–H groups in total. The fraction of sp³-hybridized carbons (Fsp3) is 0.400. The Balaban J connectivity index is 3.29.